The van der Waals surface area contributed by atoms with Crippen LogP contribution in [0.4, 0.5) is 0 Å². The molecular weight excluding hydrogens is 318 g/mol. The summed E-state index contributed by atoms with van der Waals surface area (Å²) < 4.78 is 0. The van der Waals surface area contributed by atoms with Crippen LogP contribution in [0, 0.1) is 0 Å². The molecule has 0 radical (unpaired) electrons. The summed E-state index contributed by atoms with van der Waals surface area (Å²) in [5.41, 5.74) is 2.87. The number of hydrogen-bond donors (Lipinski definition) is 3. The van der Waals surface area contributed by atoms with Crippen LogP contribution in [0.1, 0.15) is 30.4 Å². The Morgan fingerprint density at radius 3 is 1.27 bits per heavy atom. The predicted molar refractivity (Wildman–Crippen MR) is 113 cm³/mol. The summed E-state index contributed by atoms with van der Waals surface area (Å²) in [7, 11) is 0. The van der Waals surface area contributed by atoms with Gasteiger partial charge < -0.3 is 16.0 Å². The smallest absolute Gasteiger partial charge is 0.00767 e. The first-order valence-corrected chi connectivity index (χ1v) is 10.1. The molecule has 0 aliphatic rings. The molecule has 0 unspecified atom stereocenters. The highest BCUT2D eigenvalue weighted by molar-refractivity contribution is 5.15. The molecule has 0 aromatic heterocycles. The van der Waals surface area contributed by atoms with E-state index in [4.69, 9.17) is 0 Å². The molecule has 0 aliphatic carbocycles. The van der Waals surface area contributed by atoms with Crippen LogP contribution in [0.15, 0.2) is 60.7 Å². The first kappa shape index (κ1) is 20.6. The minimum Gasteiger partial charge on any atom is -0.317 e. The molecule has 0 fully saturated rings. The summed E-state index contributed by atoms with van der Waals surface area (Å²) in [6, 6.07) is 21.4. The second-order valence-corrected chi connectivity index (χ2v) is 6.78. The van der Waals surface area contributed by atoms with Crippen LogP contribution in [-0.2, 0) is 12.8 Å². The zero-order valence-corrected chi connectivity index (χ0v) is 16.1. The van der Waals surface area contributed by atoms with Crippen molar-refractivity contribution in [3.05, 3.63) is 71.8 Å². The molecule has 0 saturated carbocycles. The fourth-order valence-corrected chi connectivity index (χ4v) is 3.01. The third kappa shape index (κ3) is 10.3. The van der Waals surface area contributed by atoms with Crippen molar-refractivity contribution >= 4 is 0 Å². The first-order chi connectivity index (χ1) is 12.9. The lowest BCUT2D eigenvalue weighted by atomic mass is 10.1. The van der Waals surface area contributed by atoms with Crippen LogP contribution in [0.5, 0.6) is 0 Å². The predicted octanol–water partition coefficient (Wildman–Crippen LogP) is 3.41. The Balaban J connectivity index is 1.28. The summed E-state index contributed by atoms with van der Waals surface area (Å²) in [6.45, 7) is 6.51. The molecule has 26 heavy (non-hydrogen) atoms. The van der Waals surface area contributed by atoms with Gasteiger partial charge in [0.15, 0.2) is 0 Å². The zero-order chi connectivity index (χ0) is 18.1. The van der Waals surface area contributed by atoms with E-state index in [-0.39, 0.29) is 0 Å². The largest absolute Gasteiger partial charge is 0.317 e. The van der Waals surface area contributed by atoms with Gasteiger partial charge in [0.05, 0.1) is 0 Å². The minimum atomic E-state index is 1.05. The van der Waals surface area contributed by atoms with Gasteiger partial charge in [-0.05, 0) is 69.4 Å². The van der Waals surface area contributed by atoms with E-state index >= 15 is 0 Å². The van der Waals surface area contributed by atoms with Crippen LogP contribution in [0.2, 0.25) is 0 Å². The highest BCUT2D eigenvalue weighted by Crippen LogP contribution is 2.02. The van der Waals surface area contributed by atoms with Gasteiger partial charge in [0.25, 0.3) is 0 Å². The van der Waals surface area contributed by atoms with E-state index in [1.54, 1.807) is 0 Å². The van der Waals surface area contributed by atoms with Crippen molar-refractivity contribution < 1.29 is 0 Å². The van der Waals surface area contributed by atoms with E-state index in [1.807, 2.05) is 0 Å². The molecule has 0 saturated heterocycles. The van der Waals surface area contributed by atoms with Gasteiger partial charge in [-0.1, -0.05) is 60.7 Å². The monoisotopic (exact) mass is 353 g/mol. The first-order valence-electron chi connectivity index (χ1n) is 10.1. The van der Waals surface area contributed by atoms with Crippen LogP contribution in [0.25, 0.3) is 0 Å². The zero-order valence-electron chi connectivity index (χ0n) is 16.1. The van der Waals surface area contributed by atoms with E-state index in [0.29, 0.717) is 0 Å². The Morgan fingerprint density at radius 2 is 0.808 bits per heavy atom. The third-order valence-electron chi connectivity index (χ3n) is 4.51. The quantitative estimate of drug-likeness (QED) is 0.430. The molecule has 3 nitrogen and oxygen atoms in total. The SMILES string of the molecule is c1ccc(CCCNCCCNCCNCCCc2ccccc2)cc1. The Hall–Kier alpha value is -1.68. The van der Waals surface area contributed by atoms with E-state index in [9.17, 15) is 0 Å². The molecule has 2 rings (SSSR count). The van der Waals surface area contributed by atoms with Crippen LogP contribution in [0.3, 0.4) is 0 Å². The number of benzene rings is 2. The average Bonchev–Trinajstić information content (AvgIpc) is 2.70. The highest BCUT2D eigenvalue weighted by Gasteiger charge is 1.94. The lowest BCUT2D eigenvalue weighted by molar-refractivity contribution is 0.562. The molecule has 0 bridgehead atoms. The van der Waals surface area contributed by atoms with Crippen LogP contribution in [-0.4, -0.2) is 39.3 Å². The molecule has 142 valence electrons. The summed E-state index contributed by atoms with van der Waals surface area (Å²) in [5.74, 6) is 0. The molecule has 2 aromatic carbocycles. The van der Waals surface area contributed by atoms with E-state index in [0.717, 1.165) is 45.7 Å². The Bertz CT molecular complexity index is 490. The summed E-state index contributed by atoms with van der Waals surface area (Å²) in [6.07, 6.45) is 5.94. The lowest BCUT2D eigenvalue weighted by Gasteiger charge is -2.08. The Labute approximate surface area is 159 Å². The molecule has 3 heteroatoms. The highest BCUT2D eigenvalue weighted by atomic mass is 14.9. The molecule has 0 heterocycles. The van der Waals surface area contributed by atoms with Gasteiger partial charge in [0.1, 0.15) is 0 Å². The molecule has 3 N–H and O–H groups in total. The second-order valence-electron chi connectivity index (χ2n) is 6.78. The van der Waals surface area contributed by atoms with Gasteiger partial charge in [-0.3, -0.25) is 0 Å². The van der Waals surface area contributed by atoms with Crippen LogP contribution < -0.4 is 16.0 Å². The standard InChI is InChI=1S/C23H35N3/c1-3-10-22(11-4-1)14-7-16-24-18-9-19-26-21-20-25-17-8-15-23-12-5-2-6-13-23/h1-6,10-13,24-26H,7-9,14-21H2. The second kappa shape index (κ2) is 14.5. The van der Waals surface area contributed by atoms with Crippen molar-refractivity contribution in [3.63, 3.8) is 0 Å². The topological polar surface area (TPSA) is 36.1 Å². The number of aryl methyl sites for hydroxylation is 2. The Morgan fingerprint density at radius 1 is 0.423 bits per heavy atom. The minimum absolute atomic E-state index is 1.05. The normalized spacial score (nSPS) is 10.9. The maximum Gasteiger partial charge on any atom is 0.00767 e. The summed E-state index contributed by atoms with van der Waals surface area (Å²) >= 11 is 0. The molecule has 0 spiro atoms. The summed E-state index contributed by atoms with van der Waals surface area (Å²) in [5, 5.41) is 10.6. The van der Waals surface area contributed by atoms with Crippen molar-refractivity contribution in [2.24, 2.45) is 0 Å². The van der Waals surface area contributed by atoms with Crippen LogP contribution >= 0.6 is 0 Å². The van der Waals surface area contributed by atoms with E-state index in [2.05, 4.69) is 76.6 Å². The molecule has 2 aromatic rings. The number of nitrogens with one attached hydrogen (secondary N) is 3. The van der Waals surface area contributed by atoms with Gasteiger partial charge in [-0.25, -0.2) is 0 Å². The van der Waals surface area contributed by atoms with E-state index < -0.39 is 0 Å². The van der Waals surface area contributed by atoms with Crippen molar-refractivity contribution in [2.45, 2.75) is 32.1 Å². The molecule has 0 atom stereocenters. The summed E-state index contributed by atoms with van der Waals surface area (Å²) in [4.78, 5) is 0. The maximum atomic E-state index is 3.53. The van der Waals surface area contributed by atoms with Crippen molar-refractivity contribution in [1.29, 1.82) is 0 Å². The van der Waals surface area contributed by atoms with Crippen molar-refractivity contribution in [2.75, 3.05) is 39.3 Å². The molecular formula is C23H35N3. The fraction of sp³-hybridized carbons (Fsp3) is 0.478. The Kier molecular flexibility index (Phi) is 11.5. The van der Waals surface area contributed by atoms with Gasteiger partial charge in [-0.15, -0.1) is 0 Å². The van der Waals surface area contributed by atoms with Gasteiger partial charge in [0, 0.05) is 13.1 Å². The van der Waals surface area contributed by atoms with Gasteiger partial charge in [0.2, 0.25) is 0 Å². The number of rotatable bonds is 15. The van der Waals surface area contributed by atoms with Crippen molar-refractivity contribution in [1.82, 2.24) is 16.0 Å². The number of hydrogen-bond acceptors (Lipinski definition) is 3. The molecule has 0 aliphatic heterocycles. The maximum absolute atomic E-state index is 3.53. The van der Waals surface area contributed by atoms with Gasteiger partial charge in [-0.2, -0.15) is 0 Å². The van der Waals surface area contributed by atoms with E-state index in [1.165, 1.54) is 36.8 Å². The average molecular weight is 354 g/mol. The van der Waals surface area contributed by atoms with Crippen molar-refractivity contribution in [3.8, 4) is 0 Å². The molecule has 0 amide bonds. The lowest BCUT2D eigenvalue weighted by Crippen LogP contribution is -2.30. The fourth-order valence-electron chi connectivity index (χ4n) is 3.01. The van der Waals surface area contributed by atoms with Gasteiger partial charge >= 0.3 is 0 Å². The third-order valence-corrected chi connectivity index (χ3v) is 4.51.